The Morgan fingerprint density at radius 2 is 1.81 bits per heavy atom. The van der Waals surface area contributed by atoms with Gasteiger partial charge < -0.3 is 24.8 Å². The highest BCUT2D eigenvalue weighted by molar-refractivity contribution is 5.75. The number of fused-ring (bicyclic) bond motifs is 1. The fraction of sp³-hybridized carbons (Fsp3) is 0.533. The minimum Gasteiger partial charge on any atom is -0.462 e. The average Bonchev–Trinajstić information content (AvgIpc) is 3.21. The summed E-state index contributed by atoms with van der Waals surface area (Å²) in [6.45, 7) is 10.9. The van der Waals surface area contributed by atoms with Crippen LogP contribution in [0.3, 0.4) is 0 Å². The molecule has 1 aliphatic carbocycles. The van der Waals surface area contributed by atoms with Crippen LogP contribution in [0, 0.1) is 11.8 Å². The summed E-state index contributed by atoms with van der Waals surface area (Å²) < 4.78 is 6.30. The Morgan fingerprint density at radius 3 is 2.32 bits per heavy atom. The van der Waals surface area contributed by atoms with Crippen LogP contribution in [0.1, 0.15) is 72.3 Å². The molecule has 1 unspecified atom stereocenters. The van der Waals surface area contributed by atoms with Crippen LogP contribution in [0.4, 0.5) is 11.4 Å². The predicted octanol–water partition coefficient (Wildman–Crippen LogP) is 4.99. The Kier molecular flexibility index (Phi) is 12.2. The first-order valence-electron chi connectivity index (χ1n) is 13.2. The van der Waals surface area contributed by atoms with Gasteiger partial charge in [-0.1, -0.05) is 55.5 Å². The number of benzene rings is 1. The molecule has 7 nitrogen and oxygen atoms in total. The molecule has 37 heavy (non-hydrogen) atoms. The second kappa shape index (κ2) is 15.1. The number of pyridine rings is 1. The topological polar surface area (TPSA) is 75.6 Å². The maximum atomic E-state index is 12.8. The summed E-state index contributed by atoms with van der Waals surface area (Å²) in [4.78, 5) is 24.4. The van der Waals surface area contributed by atoms with Crippen LogP contribution in [0.25, 0.3) is 0 Å². The van der Waals surface area contributed by atoms with Crippen molar-refractivity contribution in [2.75, 3.05) is 23.8 Å². The van der Waals surface area contributed by atoms with Crippen molar-refractivity contribution in [3.05, 3.63) is 58.5 Å². The lowest BCUT2D eigenvalue weighted by atomic mass is 9.96. The SMILES string of the molecule is CC#CCN1c2c(ccn(Cc3ccccc3)c2=O)NC1C.CC(C)(C)OC=O.CNC1CCCCC1. The van der Waals surface area contributed by atoms with Gasteiger partial charge >= 0.3 is 0 Å². The number of anilines is 2. The predicted molar refractivity (Wildman–Crippen MR) is 153 cm³/mol. The van der Waals surface area contributed by atoms with Crippen LogP contribution in [0.15, 0.2) is 47.4 Å². The molecule has 1 fully saturated rings. The number of aromatic nitrogens is 1. The number of carbonyl (C=O) groups is 1. The maximum Gasteiger partial charge on any atom is 0.293 e. The Labute approximate surface area is 222 Å². The van der Waals surface area contributed by atoms with Crippen molar-refractivity contribution in [2.24, 2.45) is 0 Å². The number of hydrogen-bond donors (Lipinski definition) is 2. The highest BCUT2D eigenvalue weighted by atomic mass is 16.5. The van der Waals surface area contributed by atoms with Crippen molar-refractivity contribution in [3.8, 4) is 11.8 Å². The molecule has 2 N–H and O–H groups in total. The Balaban J connectivity index is 0.000000263. The molecule has 1 aliphatic heterocycles. The molecule has 0 amide bonds. The van der Waals surface area contributed by atoms with Gasteiger partial charge in [0.05, 0.1) is 24.9 Å². The highest BCUT2D eigenvalue weighted by Gasteiger charge is 2.28. The van der Waals surface area contributed by atoms with E-state index < -0.39 is 0 Å². The van der Waals surface area contributed by atoms with Gasteiger partial charge in [0.1, 0.15) is 11.3 Å². The van der Waals surface area contributed by atoms with Gasteiger partial charge in [0, 0.05) is 12.2 Å². The monoisotopic (exact) mass is 508 g/mol. The van der Waals surface area contributed by atoms with E-state index in [0.29, 0.717) is 25.2 Å². The van der Waals surface area contributed by atoms with E-state index in [1.54, 1.807) is 4.57 Å². The fourth-order valence-electron chi connectivity index (χ4n) is 4.27. The van der Waals surface area contributed by atoms with E-state index in [9.17, 15) is 9.59 Å². The molecule has 0 saturated heterocycles. The number of ether oxygens (including phenoxy) is 1. The number of rotatable bonds is 5. The molecule has 1 atom stereocenters. The molecule has 0 spiro atoms. The minimum absolute atomic E-state index is 0.0242. The van der Waals surface area contributed by atoms with Gasteiger partial charge in [-0.05, 0) is 66.1 Å². The largest absolute Gasteiger partial charge is 0.462 e. The summed E-state index contributed by atoms with van der Waals surface area (Å²) in [6.07, 6.45) is 9.06. The number of hydrogen-bond acceptors (Lipinski definition) is 6. The summed E-state index contributed by atoms with van der Waals surface area (Å²) in [5.41, 5.74) is 2.43. The van der Waals surface area contributed by atoms with Crippen molar-refractivity contribution in [1.82, 2.24) is 9.88 Å². The lowest BCUT2D eigenvalue weighted by molar-refractivity contribution is -0.138. The van der Waals surface area contributed by atoms with Crippen LogP contribution in [-0.2, 0) is 16.1 Å². The number of nitrogens with one attached hydrogen (secondary N) is 2. The van der Waals surface area contributed by atoms with E-state index in [1.165, 1.54) is 32.1 Å². The standard InChI is InChI=1S/C18H19N3O.C7H15N.C5H10O2/c1-3-4-11-21-14(2)19-16-10-12-20(18(22)17(16)21)13-15-8-6-5-7-9-15;1-8-7-5-3-2-4-6-7;1-5(2,3)7-4-6/h5-10,12,14,19H,11,13H2,1-2H3;7-8H,2-6H2,1H3;4H,1-3H3. The van der Waals surface area contributed by atoms with Crippen LogP contribution in [0.5, 0.6) is 0 Å². The molecular weight excluding hydrogens is 464 g/mol. The molecule has 7 heteroatoms. The quantitative estimate of drug-likeness (QED) is 0.438. The van der Waals surface area contributed by atoms with Crippen LogP contribution < -0.4 is 21.1 Å². The van der Waals surface area contributed by atoms with Crippen molar-refractivity contribution < 1.29 is 9.53 Å². The zero-order valence-corrected chi connectivity index (χ0v) is 23.3. The lowest BCUT2D eigenvalue weighted by Gasteiger charge is -2.20. The maximum absolute atomic E-state index is 12.8. The molecule has 2 heterocycles. The van der Waals surface area contributed by atoms with Gasteiger partial charge in [-0.2, -0.15) is 0 Å². The molecular formula is C30H44N4O3. The van der Waals surface area contributed by atoms with Gasteiger partial charge in [0.25, 0.3) is 12.0 Å². The molecule has 1 saturated carbocycles. The second-order valence-corrected chi connectivity index (χ2v) is 10.3. The van der Waals surface area contributed by atoms with E-state index >= 15 is 0 Å². The third-order valence-corrected chi connectivity index (χ3v) is 6.30. The van der Waals surface area contributed by atoms with Crippen molar-refractivity contribution in [1.29, 1.82) is 0 Å². The lowest BCUT2D eigenvalue weighted by Crippen LogP contribution is -2.36. The highest BCUT2D eigenvalue weighted by Crippen LogP contribution is 2.30. The van der Waals surface area contributed by atoms with E-state index in [-0.39, 0.29) is 17.3 Å². The minimum atomic E-state index is -0.318. The summed E-state index contributed by atoms with van der Waals surface area (Å²) in [7, 11) is 2.07. The van der Waals surface area contributed by atoms with Gasteiger partial charge in [-0.25, -0.2) is 0 Å². The molecule has 1 aromatic carbocycles. The molecule has 0 radical (unpaired) electrons. The summed E-state index contributed by atoms with van der Waals surface area (Å²) in [6, 6.07) is 12.8. The van der Waals surface area contributed by atoms with Crippen molar-refractivity contribution >= 4 is 17.8 Å². The normalized spacial score (nSPS) is 16.5. The Morgan fingerprint density at radius 1 is 1.14 bits per heavy atom. The average molecular weight is 509 g/mol. The van der Waals surface area contributed by atoms with Gasteiger partial charge in [-0.15, -0.1) is 5.92 Å². The van der Waals surface area contributed by atoms with Crippen molar-refractivity contribution in [2.45, 2.75) is 91.1 Å². The summed E-state index contributed by atoms with van der Waals surface area (Å²) in [5.74, 6) is 5.94. The van der Waals surface area contributed by atoms with Crippen LogP contribution >= 0.6 is 0 Å². The smallest absolute Gasteiger partial charge is 0.293 e. The van der Waals surface area contributed by atoms with E-state index in [4.69, 9.17) is 0 Å². The first kappa shape index (κ1) is 30.0. The number of nitrogens with zero attached hydrogens (tertiary/aromatic N) is 2. The Hall–Kier alpha value is -3.24. The molecule has 2 aliphatic rings. The first-order valence-corrected chi connectivity index (χ1v) is 13.2. The summed E-state index contributed by atoms with van der Waals surface area (Å²) in [5, 5.41) is 6.64. The van der Waals surface area contributed by atoms with Crippen LogP contribution in [-0.4, -0.2) is 42.4 Å². The Bertz CT molecular complexity index is 1070. The molecule has 202 valence electrons. The van der Waals surface area contributed by atoms with Gasteiger partial charge in [0.15, 0.2) is 0 Å². The zero-order valence-electron chi connectivity index (χ0n) is 23.3. The number of carbonyl (C=O) groups excluding carboxylic acids is 1. The molecule has 1 aromatic heterocycles. The molecule has 4 rings (SSSR count). The van der Waals surface area contributed by atoms with E-state index in [1.807, 2.05) is 82.1 Å². The fourth-order valence-corrected chi connectivity index (χ4v) is 4.27. The third-order valence-electron chi connectivity index (χ3n) is 6.30. The van der Waals surface area contributed by atoms with E-state index in [2.05, 4.69) is 34.3 Å². The first-order chi connectivity index (χ1) is 17.7. The zero-order chi connectivity index (χ0) is 27.3. The molecule has 2 aromatic rings. The van der Waals surface area contributed by atoms with Gasteiger partial charge in [0.2, 0.25) is 0 Å². The van der Waals surface area contributed by atoms with Crippen LogP contribution in [0.2, 0.25) is 0 Å². The second-order valence-electron chi connectivity index (χ2n) is 10.3. The van der Waals surface area contributed by atoms with Crippen molar-refractivity contribution in [3.63, 3.8) is 0 Å². The molecule has 0 bridgehead atoms. The van der Waals surface area contributed by atoms with E-state index in [0.717, 1.165) is 17.3 Å². The third kappa shape index (κ3) is 9.97. The summed E-state index contributed by atoms with van der Waals surface area (Å²) >= 11 is 0. The van der Waals surface area contributed by atoms with Gasteiger partial charge in [-0.3, -0.25) is 9.59 Å².